The predicted molar refractivity (Wildman–Crippen MR) is 76.8 cm³/mol. The van der Waals surface area contributed by atoms with E-state index in [1.54, 1.807) is 4.90 Å². The number of rotatable bonds is 5. The largest absolute Gasteiger partial charge is 0.484 e. The van der Waals surface area contributed by atoms with Crippen LogP contribution >= 0.6 is 0 Å². The van der Waals surface area contributed by atoms with E-state index in [0.717, 1.165) is 12.8 Å². The molecule has 0 aliphatic carbocycles. The Labute approximate surface area is 119 Å². The average molecular weight is 275 g/mol. The van der Waals surface area contributed by atoms with Crippen molar-refractivity contribution in [3.63, 3.8) is 0 Å². The van der Waals surface area contributed by atoms with Crippen LogP contribution in [0.15, 0.2) is 24.3 Å². The number of nitrogens with zero attached hydrogens (tertiary/aromatic N) is 1. The number of benzene rings is 1. The van der Waals surface area contributed by atoms with Crippen molar-refractivity contribution in [1.82, 2.24) is 4.90 Å². The van der Waals surface area contributed by atoms with Gasteiger partial charge in [-0.05, 0) is 24.1 Å². The summed E-state index contributed by atoms with van der Waals surface area (Å²) in [7, 11) is 0. The Hall–Kier alpha value is -1.84. The second-order valence-corrected chi connectivity index (χ2v) is 5.10. The predicted octanol–water partition coefficient (Wildman–Crippen LogP) is 2.21. The lowest BCUT2D eigenvalue weighted by atomic mass is 10.1. The molecule has 0 bridgehead atoms. The molecule has 1 aromatic carbocycles. The third kappa shape index (κ3) is 4.08. The number of carbonyl (C=O) groups is 2. The highest BCUT2D eigenvalue weighted by Crippen LogP contribution is 2.14. The third-order valence-corrected chi connectivity index (χ3v) is 3.50. The maximum atomic E-state index is 11.9. The second kappa shape index (κ2) is 7.08. The zero-order chi connectivity index (χ0) is 14.4. The van der Waals surface area contributed by atoms with Crippen molar-refractivity contribution in [1.29, 1.82) is 0 Å². The summed E-state index contributed by atoms with van der Waals surface area (Å²) in [5.41, 5.74) is 1.28. The van der Waals surface area contributed by atoms with Crippen molar-refractivity contribution in [2.75, 3.05) is 19.7 Å². The third-order valence-electron chi connectivity index (χ3n) is 3.50. The number of ketones is 1. The summed E-state index contributed by atoms with van der Waals surface area (Å²) in [6.45, 7) is 3.24. The Morgan fingerprint density at radius 3 is 2.45 bits per heavy atom. The first-order valence-corrected chi connectivity index (χ1v) is 7.20. The first-order valence-electron chi connectivity index (χ1n) is 7.20. The molecule has 2 rings (SSSR count). The Morgan fingerprint density at radius 2 is 1.85 bits per heavy atom. The van der Waals surface area contributed by atoms with Gasteiger partial charge in [0.25, 0.3) is 5.91 Å². The number of carbonyl (C=O) groups excluding carboxylic acids is 2. The molecule has 4 heteroatoms. The van der Waals surface area contributed by atoms with Crippen LogP contribution in [0.25, 0.3) is 0 Å². The van der Waals surface area contributed by atoms with Gasteiger partial charge in [-0.15, -0.1) is 0 Å². The quantitative estimate of drug-likeness (QED) is 0.827. The number of hydrogen-bond acceptors (Lipinski definition) is 3. The van der Waals surface area contributed by atoms with E-state index >= 15 is 0 Å². The second-order valence-electron chi connectivity index (χ2n) is 5.10. The fourth-order valence-corrected chi connectivity index (χ4v) is 2.28. The minimum Gasteiger partial charge on any atom is -0.484 e. The molecule has 1 heterocycles. The molecule has 20 heavy (non-hydrogen) atoms. The van der Waals surface area contributed by atoms with Crippen LogP contribution in [0.2, 0.25) is 0 Å². The van der Waals surface area contributed by atoms with Crippen molar-refractivity contribution < 1.29 is 14.3 Å². The number of Topliss-reactive ketones (excluding diaryl/α,β-unsaturated/α-hetero) is 1. The van der Waals surface area contributed by atoms with Crippen LogP contribution in [-0.2, 0) is 16.0 Å². The lowest BCUT2D eigenvalue weighted by molar-refractivity contribution is -0.136. The Morgan fingerprint density at radius 1 is 1.20 bits per heavy atom. The normalized spacial score (nSPS) is 15.2. The molecule has 0 atom stereocenters. The smallest absolute Gasteiger partial charge is 0.260 e. The van der Waals surface area contributed by atoms with Crippen molar-refractivity contribution in [2.45, 2.75) is 32.6 Å². The highest BCUT2D eigenvalue weighted by atomic mass is 16.5. The molecule has 1 aromatic rings. The molecule has 1 saturated heterocycles. The summed E-state index contributed by atoms with van der Waals surface area (Å²) >= 11 is 0. The highest BCUT2D eigenvalue weighted by Gasteiger charge is 2.20. The molecule has 0 aromatic heterocycles. The molecule has 1 aliphatic heterocycles. The first kappa shape index (κ1) is 14.6. The van der Waals surface area contributed by atoms with Crippen LogP contribution in [0.1, 0.15) is 31.7 Å². The topological polar surface area (TPSA) is 46.6 Å². The fraction of sp³-hybridized carbons (Fsp3) is 0.500. The van der Waals surface area contributed by atoms with E-state index in [-0.39, 0.29) is 18.3 Å². The minimum absolute atomic E-state index is 0.0430. The number of amides is 1. The van der Waals surface area contributed by atoms with Gasteiger partial charge in [-0.1, -0.05) is 25.5 Å². The Bertz CT molecular complexity index is 457. The lowest BCUT2D eigenvalue weighted by Gasteiger charge is -2.25. The Kier molecular flexibility index (Phi) is 5.16. The van der Waals surface area contributed by atoms with E-state index in [2.05, 4.69) is 6.92 Å². The van der Waals surface area contributed by atoms with Crippen molar-refractivity contribution in [2.24, 2.45) is 0 Å². The van der Waals surface area contributed by atoms with Crippen LogP contribution in [0.3, 0.4) is 0 Å². The number of hydrogen-bond donors (Lipinski definition) is 0. The van der Waals surface area contributed by atoms with Gasteiger partial charge in [0, 0.05) is 25.9 Å². The maximum Gasteiger partial charge on any atom is 0.260 e. The first-order chi connectivity index (χ1) is 9.69. The van der Waals surface area contributed by atoms with Crippen LogP contribution in [0.4, 0.5) is 0 Å². The summed E-state index contributed by atoms with van der Waals surface area (Å²) < 4.78 is 5.50. The van der Waals surface area contributed by atoms with E-state index in [9.17, 15) is 9.59 Å². The Balaban J connectivity index is 1.79. The molecule has 0 saturated carbocycles. The molecule has 1 amide bonds. The average Bonchev–Trinajstić information content (AvgIpc) is 2.47. The fourth-order valence-electron chi connectivity index (χ4n) is 2.28. The van der Waals surface area contributed by atoms with Gasteiger partial charge in [-0.2, -0.15) is 0 Å². The van der Waals surface area contributed by atoms with E-state index in [1.165, 1.54) is 5.56 Å². The number of likely N-dealkylation sites (tertiary alicyclic amines) is 1. The number of piperidine rings is 1. The van der Waals surface area contributed by atoms with E-state index in [1.807, 2.05) is 24.3 Å². The molecular formula is C16H21NO3. The van der Waals surface area contributed by atoms with Gasteiger partial charge in [0.2, 0.25) is 0 Å². The van der Waals surface area contributed by atoms with Gasteiger partial charge in [0.15, 0.2) is 6.61 Å². The van der Waals surface area contributed by atoms with Gasteiger partial charge in [0.05, 0.1) is 0 Å². The van der Waals surface area contributed by atoms with Crippen LogP contribution in [-0.4, -0.2) is 36.3 Å². The molecular weight excluding hydrogens is 254 g/mol. The SMILES string of the molecule is CCCc1ccc(OCC(=O)N2CCC(=O)CC2)cc1. The highest BCUT2D eigenvalue weighted by molar-refractivity contribution is 5.83. The number of ether oxygens (including phenoxy) is 1. The van der Waals surface area contributed by atoms with E-state index in [0.29, 0.717) is 31.7 Å². The summed E-state index contributed by atoms with van der Waals surface area (Å²) in [4.78, 5) is 24.8. The van der Waals surface area contributed by atoms with Gasteiger partial charge < -0.3 is 9.64 Å². The molecule has 0 radical (unpaired) electrons. The van der Waals surface area contributed by atoms with Gasteiger partial charge >= 0.3 is 0 Å². The summed E-state index contributed by atoms with van der Waals surface area (Å²) in [5.74, 6) is 0.905. The number of aryl methyl sites for hydroxylation is 1. The van der Waals surface area contributed by atoms with Crippen LogP contribution in [0.5, 0.6) is 5.75 Å². The van der Waals surface area contributed by atoms with Crippen molar-refractivity contribution in [3.05, 3.63) is 29.8 Å². The molecule has 0 unspecified atom stereocenters. The summed E-state index contributed by atoms with van der Waals surface area (Å²) in [6.07, 6.45) is 3.11. The van der Waals surface area contributed by atoms with Gasteiger partial charge in [-0.3, -0.25) is 9.59 Å². The van der Waals surface area contributed by atoms with Crippen molar-refractivity contribution in [3.8, 4) is 5.75 Å². The maximum absolute atomic E-state index is 11.9. The molecule has 4 nitrogen and oxygen atoms in total. The van der Waals surface area contributed by atoms with Crippen LogP contribution in [0, 0.1) is 0 Å². The zero-order valence-corrected chi connectivity index (χ0v) is 11.9. The summed E-state index contributed by atoms with van der Waals surface area (Å²) in [6, 6.07) is 7.86. The molecule has 0 N–H and O–H groups in total. The minimum atomic E-state index is -0.0462. The van der Waals surface area contributed by atoms with Gasteiger partial charge in [0.1, 0.15) is 11.5 Å². The van der Waals surface area contributed by atoms with E-state index < -0.39 is 0 Å². The van der Waals surface area contributed by atoms with Gasteiger partial charge in [-0.25, -0.2) is 0 Å². The van der Waals surface area contributed by atoms with Crippen molar-refractivity contribution >= 4 is 11.7 Å². The lowest BCUT2D eigenvalue weighted by Crippen LogP contribution is -2.41. The van der Waals surface area contributed by atoms with Crippen LogP contribution < -0.4 is 4.74 Å². The molecule has 1 aliphatic rings. The monoisotopic (exact) mass is 275 g/mol. The molecule has 108 valence electrons. The molecule has 1 fully saturated rings. The standard InChI is InChI=1S/C16H21NO3/c1-2-3-13-4-6-15(7-5-13)20-12-16(19)17-10-8-14(18)9-11-17/h4-7H,2-3,8-12H2,1H3. The zero-order valence-electron chi connectivity index (χ0n) is 11.9. The van der Waals surface area contributed by atoms with E-state index in [4.69, 9.17) is 4.74 Å². The molecule has 0 spiro atoms. The summed E-state index contributed by atoms with van der Waals surface area (Å²) in [5, 5.41) is 0.